The summed E-state index contributed by atoms with van der Waals surface area (Å²) < 4.78 is 40.1. The van der Waals surface area contributed by atoms with Crippen LogP contribution in [-0.2, 0) is 33.8 Å². The van der Waals surface area contributed by atoms with Crippen LogP contribution in [0.2, 0.25) is 0 Å². The second-order valence-electron chi connectivity index (χ2n) is 11.7. The Labute approximate surface area is 257 Å². The number of aliphatic hydroxyl groups is 1. The van der Waals surface area contributed by atoms with E-state index in [1.54, 1.807) is 42.5 Å². The van der Waals surface area contributed by atoms with Crippen LogP contribution in [0.5, 0.6) is 0 Å². The van der Waals surface area contributed by atoms with E-state index in [1.807, 2.05) is 0 Å². The molecule has 2 unspecified atom stereocenters. The lowest BCUT2D eigenvalue weighted by atomic mass is 9.74. The molecule has 2 atom stereocenters. The lowest BCUT2D eigenvalue weighted by Crippen LogP contribution is -2.62. The zero-order valence-electron chi connectivity index (χ0n) is 24.8. The summed E-state index contributed by atoms with van der Waals surface area (Å²) in [7, 11) is 0. The second-order valence-corrected chi connectivity index (χ2v) is 11.7. The lowest BCUT2D eigenvalue weighted by molar-refractivity contribution is -0.164. The normalized spacial score (nSPS) is 19.1. The molecule has 242 valence electrons. The van der Waals surface area contributed by atoms with Gasteiger partial charge >= 0.3 is 12.3 Å². The zero-order valence-corrected chi connectivity index (χ0v) is 24.8. The molecule has 2 aliphatic heterocycles. The van der Waals surface area contributed by atoms with Crippen molar-refractivity contribution in [2.75, 3.05) is 19.6 Å². The summed E-state index contributed by atoms with van der Waals surface area (Å²) in [5.74, 6) is -2.24. The molecule has 1 fully saturated rings. The number of fused-ring (bicyclic) bond motifs is 1. The number of piperidine rings is 1. The Morgan fingerprint density at radius 1 is 1.09 bits per heavy atom. The maximum Gasteiger partial charge on any atom is 0.408 e. The lowest BCUT2D eigenvalue weighted by Gasteiger charge is -2.41. The zero-order chi connectivity index (χ0) is 33.0. The van der Waals surface area contributed by atoms with Gasteiger partial charge in [0, 0.05) is 37.8 Å². The number of nitrogens with one attached hydrogen (secondary N) is 2. The fourth-order valence-electron chi connectivity index (χ4n) is 5.52. The number of carbonyl (C=O) groups is 4. The van der Waals surface area contributed by atoms with E-state index in [1.165, 1.54) is 24.9 Å². The maximum atomic E-state index is 14.1. The molecule has 12 nitrogen and oxygen atoms in total. The second kappa shape index (κ2) is 13.2. The smallest absolute Gasteiger partial charge is 0.408 e. The van der Waals surface area contributed by atoms with E-state index >= 15 is 0 Å². The maximum absolute atomic E-state index is 14.1. The number of nitrogens with zero attached hydrogens (tertiary/aromatic N) is 4. The van der Waals surface area contributed by atoms with Gasteiger partial charge in [-0.2, -0.15) is 18.3 Å². The van der Waals surface area contributed by atoms with Crippen LogP contribution in [0.1, 0.15) is 43.5 Å². The van der Waals surface area contributed by atoms with E-state index in [2.05, 4.69) is 20.7 Å². The average Bonchev–Trinajstić information content (AvgIpc) is 3.23. The van der Waals surface area contributed by atoms with Gasteiger partial charge in [0.25, 0.3) is 5.91 Å². The molecule has 1 aromatic heterocycles. The van der Waals surface area contributed by atoms with E-state index in [4.69, 9.17) is 0 Å². The summed E-state index contributed by atoms with van der Waals surface area (Å²) in [6.07, 6.45) is -4.31. The number of amides is 4. The predicted molar refractivity (Wildman–Crippen MR) is 155 cm³/mol. The molecule has 45 heavy (non-hydrogen) atoms. The molecule has 3 heterocycles. The molecular formula is C30H35F3N6O6. The van der Waals surface area contributed by atoms with Gasteiger partial charge in [0.05, 0.1) is 12.3 Å². The topological polar surface area (TPSA) is 165 Å². The summed E-state index contributed by atoms with van der Waals surface area (Å²) in [4.78, 5) is 57.8. The summed E-state index contributed by atoms with van der Waals surface area (Å²) in [6.45, 7) is 0.689. The van der Waals surface area contributed by atoms with Crippen LogP contribution >= 0.6 is 0 Å². The first-order valence-corrected chi connectivity index (χ1v) is 14.3. The van der Waals surface area contributed by atoms with E-state index in [0.717, 1.165) is 5.56 Å². The molecule has 2 aromatic rings. The minimum absolute atomic E-state index is 0.0218. The largest absolute Gasteiger partial charge is 0.465 e. The quantitative estimate of drug-likeness (QED) is 0.295. The Hall–Kier alpha value is -4.53. The number of rotatable bonds is 11. The first-order chi connectivity index (χ1) is 21.1. The number of carbonyl (C=O) groups excluding carboxylic acids is 3. The highest BCUT2D eigenvalue weighted by atomic mass is 19.4. The Morgan fingerprint density at radius 3 is 2.38 bits per heavy atom. The summed E-state index contributed by atoms with van der Waals surface area (Å²) in [5.41, 5.74) is -1.05. The van der Waals surface area contributed by atoms with Crippen molar-refractivity contribution in [3.8, 4) is 0 Å². The number of aromatic nitrogens is 1. The molecule has 0 aliphatic carbocycles. The van der Waals surface area contributed by atoms with Crippen molar-refractivity contribution in [2.45, 2.75) is 63.9 Å². The highest BCUT2D eigenvalue weighted by Gasteiger charge is 2.56. The van der Waals surface area contributed by atoms with Crippen LogP contribution in [0.3, 0.4) is 0 Å². The highest BCUT2D eigenvalue weighted by Crippen LogP contribution is 2.39. The number of hydrazone groups is 1. The van der Waals surface area contributed by atoms with Crippen molar-refractivity contribution >= 4 is 29.5 Å². The first kappa shape index (κ1) is 33.4. The molecule has 0 spiro atoms. The number of carboxylic acid groups (broad SMARTS) is 1. The van der Waals surface area contributed by atoms with Gasteiger partial charge in [-0.25, -0.2) is 9.80 Å². The number of benzene rings is 1. The third-order valence-corrected chi connectivity index (χ3v) is 7.88. The SMILES string of the molecule is CC(C)(NC(=O)O)C(=O)NC(CCc1ccc(CO)cc1)C(=O)N1CCC2=NN(CC(F)(F)F)C(=O)C2(Cc2ccccn2)C1. The van der Waals surface area contributed by atoms with E-state index in [-0.39, 0.29) is 44.7 Å². The van der Waals surface area contributed by atoms with Crippen LogP contribution in [0.15, 0.2) is 53.8 Å². The molecule has 4 N–H and O–H groups in total. The number of likely N-dealkylation sites (tertiary alicyclic amines) is 1. The number of aliphatic hydroxyl groups excluding tert-OH is 1. The van der Waals surface area contributed by atoms with Crippen LogP contribution in [0.25, 0.3) is 0 Å². The third kappa shape index (κ3) is 7.95. The molecule has 0 saturated carbocycles. The monoisotopic (exact) mass is 632 g/mol. The molecule has 2 aliphatic rings. The molecule has 4 amide bonds. The van der Waals surface area contributed by atoms with Crippen molar-refractivity contribution in [3.05, 3.63) is 65.5 Å². The number of aryl methyl sites for hydroxylation is 1. The van der Waals surface area contributed by atoms with Gasteiger partial charge in [0.15, 0.2) is 0 Å². The number of hydrogen-bond donors (Lipinski definition) is 4. The fraction of sp³-hybridized carbons (Fsp3) is 0.467. The van der Waals surface area contributed by atoms with Gasteiger partial charge in [0.2, 0.25) is 11.8 Å². The van der Waals surface area contributed by atoms with Crippen LogP contribution in [0, 0.1) is 5.41 Å². The first-order valence-electron chi connectivity index (χ1n) is 14.3. The Balaban J connectivity index is 1.62. The molecule has 0 bridgehead atoms. The van der Waals surface area contributed by atoms with Gasteiger partial charge in [-0.05, 0) is 49.9 Å². The molecule has 1 saturated heterocycles. The minimum atomic E-state index is -4.70. The number of pyridine rings is 1. The third-order valence-electron chi connectivity index (χ3n) is 7.88. The molecule has 0 radical (unpaired) electrons. The average molecular weight is 633 g/mol. The van der Waals surface area contributed by atoms with Gasteiger partial charge in [-0.15, -0.1) is 0 Å². The fourth-order valence-corrected chi connectivity index (χ4v) is 5.52. The number of alkyl halides is 3. The molecular weight excluding hydrogens is 597 g/mol. The van der Waals surface area contributed by atoms with Gasteiger partial charge < -0.3 is 25.7 Å². The number of hydrogen-bond acceptors (Lipinski definition) is 7. The van der Waals surface area contributed by atoms with Gasteiger partial charge in [-0.1, -0.05) is 30.3 Å². The summed E-state index contributed by atoms with van der Waals surface area (Å²) in [5, 5.41) is 27.7. The standard InChI is InChI=1S/C30H35F3N6O6/c1-28(2,36-27(44)45)25(42)35-22(11-10-19-6-8-20(16-40)9-7-19)24(41)38-14-12-23-29(17-38,15-21-5-3-4-13-34-21)26(43)39(37-23)18-30(31,32)33/h3-9,13,22,36,40H,10-12,14-18H2,1-2H3,(H,35,42)(H,44,45). The minimum Gasteiger partial charge on any atom is -0.465 e. The van der Waals surface area contributed by atoms with Gasteiger partial charge in [-0.3, -0.25) is 19.4 Å². The van der Waals surface area contributed by atoms with Crippen molar-refractivity contribution < 1.29 is 42.6 Å². The van der Waals surface area contributed by atoms with E-state index in [9.17, 15) is 42.6 Å². The molecule has 1 aromatic carbocycles. The van der Waals surface area contributed by atoms with Crippen molar-refractivity contribution in [2.24, 2.45) is 10.5 Å². The van der Waals surface area contributed by atoms with Crippen molar-refractivity contribution in [1.82, 2.24) is 25.5 Å². The van der Waals surface area contributed by atoms with E-state index < -0.39 is 53.5 Å². The number of halogens is 3. The Bertz CT molecular complexity index is 1450. The van der Waals surface area contributed by atoms with Crippen LogP contribution in [0.4, 0.5) is 18.0 Å². The summed E-state index contributed by atoms with van der Waals surface area (Å²) >= 11 is 0. The summed E-state index contributed by atoms with van der Waals surface area (Å²) in [6, 6.07) is 10.8. The van der Waals surface area contributed by atoms with Gasteiger partial charge in [0.1, 0.15) is 23.5 Å². The van der Waals surface area contributed by atoms with E-state index in [0.29, 0.717) is 22.7 Å². The predicted octanol–water partition coefficient (Wildman–Crippen LogP) is 2.26. The van der Waals surface area contributed by atoms with Crippen molar-refractivity contribution in [1.29, 1.82) is 0 Å². The van der Waals surface area contributed by atoms with Crippen LogP contribution in [-0.4, -0.2) is 92.0 Å². The van der Waals surface area contributed by atoms with Crippen molar-refractivity contribution in [3.63, 3.8) is 0 Å². The van der Waals surface area contributed by atoms with Crippen LogP contribution < -0.4 is 10.6 Å². The molecule has 15 heteroatoms. The highest BCUT2D eigenvalue weighted by molar-refractivity contribution is 6.14. The Morgan fingerprint density at radius 2 is 1.78 bits per heavy atom. The molecule has 4 rings (SSSR count). The Kier molecular flexibility index (Phi) is 9.80.